The number of allylic oxidation sites excluding steroid dienone is 1. The zero-order valence-corrected chi connectivity index (χ0v) is 6.70. The predicted octanol–water partition coefficient (Wildman–Crippen LogP) is 1.46. The topological polar surface area (TPSA) is 38.4 Å². The third-order valence-corrected chi connectivity index (χ3v) is 1.90. The summed E-state index contributed by atoms with van der Waals surface area (Å²) >= 11 is 0. The Kier molecular flexibility index (Phi) is 1.67. The first-order chi connectivity index (χ1) is 5.86. The van der Waals surface area contributed by atoms with Crippen LogP contribution >= 0.6 is 0 Å². The first-order valence-corrected chi connectivity index (χ1v) is 3.92. The average molecular weight is 158 g/mol. The molecule has 0 radical (unpaired) electrons. The molecule has 0 saturated carbocycles. The molecule has 0 amide bonds. The Morgan fingerprint density at radius 3 is 3.00 bits per heavy atom. The highest BCUT2D eigenvalue weighted by molar-refractivity contribution is 5.82. The van der Waals surface area contributed by atoms with Crippen LogP contribution < -0.4 is 5.73 Å². The summed E-state index contributed by atoms with van der Waals surface area (Å²) in [5.41, 5.74) is 8.92. The fourth-order valence-corrected chi connectivity index (χ4v) is 1.30. The van der Waals surface area contributed by atoms with E-state index in [2.05, 4.69) is 11.1 Å². The summed E-state index contributed by atoms with van der Waals surface area (Å²) in [5.74, 6) is 0. The van der Waals surface area contributed by atoms with Crippen LogP contribution in [-0.2, 0) is 6.42 Å². The summed E-state index contributed by atoms with van der Waals surface area (Å²) in [6.07, 6.45) is 4.35. The zero-order chi connectivity index (χ0) is 8.39. The normalized spacial score (nSPS) is 14.8. The van der Waals surface area contributed by atoms with Crippen molar-refractivity contribution in [1.29, 1.82) is 0 Å². The maximum absolute atomic E-state index is 5.70. The highest BCUT2D eigenvalue weighted by Crippen LogP contribution is 2.12. The molecule has 2 nitrogen and oxygen atoms in total. The van der Waals surface area contributed by atoms with Gasteiger partial charge >= 0.3 is 0 Å². The van der Waals surface area contributed by atoms with Crippen molar-refractivity contribution in [2.24, 2.45) is 10.7 Å². The number of nitrogens with two attached hydrogens (primary N) is 1. The molecule has 0 saturated heterocycles. The van der Waals surface area contributed by atoms with Crippen molar-refractivity contribution in [1.82, 2.24) is 0 Å². The zero-order valence-electron chi connectivity index (χ0n) is 6.70. The van der Waals surface area contributed by atoms with Crippen LogP contribution in [0.5, 0.6) is 0 Å². The molecule has 2 heteroatoms. The number of rotatable bonds is 0. The van der Waals surface area contributed by atoms with Crippen LogP contribution in [0, 0.1) is 0 Å². The van der Waals surface area contributed by atoms with Gasteiger partial charge in [-0.2, -0.15) is 0 Å². The van der Waals surface area contributed by atoms with Gasteiger partial charge in [0.2, 0.25) is 0 Å². The van der Waals surface area contributed by atoms with Crippen molar-refractivity contribution in [3.63, 3.8) is 0 Å². The van der Waals surface area contributed by atoms with Gasteiger partial charge in [-0.15, -0.1) is 0 Å². The largest absolute Gasteiger partial charge is 0.401 e. The highest BCUT2D eigenvalue weighted by atomic mass is 14.7. The van der Waals surface area contributed by atoms with Gasteiger partial charge in [0, 0.05) is 24.5 Å². The Hall–Kier alpha value is -1.57. The minimum absolute atomic E-state index is 0.802. The average Bonchev–Trinajstić information content (AvgIpc) is 2.25. The molecule has 0 fully saturated rings. The Morgan fingerprint density at radius 1 is 1.25 bits per heavy atom. The lowest BCUT2D eigenvalue weighted by Gasteiger charge is -2.01. The second-order valence-electron chi connectivity index (χ2n) is 2.86. The van der Waals surface area contributed by atoms with E-state index in [0.717, 1.165) is 17.7 Å². The molecule has 1 aliphatic heterocycles. The van der Waals surface area contributed by atoms with Crippen molar-refractivity contribution in [3.8, 4) is 0 Å². The lowest BCUT2D eigenvalue weighted by Crippen LogP contribution is -2.01. The summed E-state index contributed by atoms with van der Waals surface area (Å²) in [7, 11) is 0. The third-order valence-electron chi connectivity index (χ3n) is 1.90. The van der Waals surface area contributed by atoms with Gasteiger partial charge in [-0.3, -0.25) is 4.99 Å². The van der Waals surface area contributed by atoms with E-state index in [1.165, 1.54) is 5.56 Å². The number of hydrogen-bond acceptors (Lipinski definition) is 2. The van der Waals surface area contributed by atoms with Crippen LogP contribution in [0.15, 0.2) is 41.2 Å². The molecule has 12 heavy (non-hydrogen) atoms. The Labute approximate surface area is 71.4 Å². The van der Waals surface area contributed by atoms with E-state index in [1.807, 2.05) is 24.4 Å². The quantitative estimate of drug-likeness (QED) is 0.610. The predicted molar refractivity (Wildman–Crippen MR) is 50.0 cm³/mol. The minimum Gasteiger partial charge on any atom is -0.401 e. The van der Waals surface area contributed by atoms with Crippen LogP contribution in [0.1, 0.15) is 11.1 Å². The van der Waals surface area contributed by atoms with E-state index in [-0.39, 0.29) is 0 Å². The van der Waals surface area contributed by atoms with Gasteiger partial charge in [-0.1, -0.05) is 24.3 Å². The Bertz CT molecular complexity index is 351. The number of hydrogen-bond donors (Lipinski definition) is 1. The number of benzene rings is 1. The summed E-state index contributed by atoms with van der Waals surface area (Å²) < 4.78 is 0. The second kappa shape index (κ2) is 2.81. The van der Waals surface area contributed by atoms with Gasteiger partial charge < -0.3 is 5.73 Å². The standard InChI is InChI=1S/C10H10N2/c11-10-5-8-3-1-2-4-9(8)6-12-7-10/h1-4,6-7H,5,11H2. The van der Waals surface area contributed by atoms with E-state index in [4.69, 9.17) is 5.73 Å². The third kappa shape index (κ3) is 1.23. The van der Waals surface area contributed by atoms with E-state index in [1.54, 1.807) is 6.20 Å². The minimum atomic E-state index is 0.802. The molecule has 60 valence electrons. The van der Waals surface area contributed by atoms with E-state index in [9.17, 15) is 0 Å². The Morgan fingerprint density at radius 2 is 2.08 bits per heavy atom. The SMILES string of the molecule is NC1=CN=Cc2ccccc2C1. The molecule has 2 rings (SSSR count). The number of fused-ring (bicyclic) bond motifs is 1. The van der Waals surface area contributed by atoms with Crippen LogP contribution in [0.3, 0.4) is 0 Å². The van der Waals surface area contributed by atoms with Gasteiger partial charge in [0.05, 0.1) is 0 Å². The van der Waals surface area contributed by atoms with E-state index >= 15 is 0 Å². The fraction of sp³-hybridized carbons (Fsp3) is 0.100. The fourth-order valence-electron chi connectivity index (χ4n) is 1.30. The van der Waals surface area contributed by atoms with Gasteiger partial charge in [0.15, 0.2) is 0 Å². The number of aliphatic imine (C=N–C) groups is 1. The van der Waals surface area contributed by atoms with Crippen molar-refractivity contribution in [2.45, 2.75) is 6.42 Å². The van der Waals surface area contributed by atoms with Crippen molar-refractivity contribution in [3.05, 3.63) is 47.3 Å². The van der Waals surface area contributed by atoms with Crippen LogP contribution in [0.2, 0.25) is 0 Å². The summed E-state index contributed by atoms with van der Waals surface area (Å²) in [6.45, 7) is 0. The van der Waals surface area contributed by atoms with Gasteiger partial charge in [-0.05, 0) is 11.1 Å². The molecule has 1 aromatic rings. The molecule has 1 aromatic carbocycles. The van der Waals surface area contributed by atoms with Crippen LogP contribution in [-0.4, -0.2) is 6.21 Å². The molecule has 0 unspecified atom stereocenters. The lowest BCUT2D eigenvalue weighted by molar-refractivity contribution is 1.10. The molecular weight excluding hydrogens is 148 g/mol. The van der Waals surface area contributed by atoms with Crippen molar-refractivity contribution in [2.75, 3.05) is 0 Å². The van der Waals surface area contributed by atoms with E-state index < -0.39 is 0 Å². The van der Waals surface area contributed by atoms with Gasteiger partial charge in [0.25, 0.3) is 0 Å². The molecule has 1 aliphatic rings. The first-order valence-electron chi connectivity index (χ1n) is 3.92. The molecule has 0 atom stereocenters. The smallest absolute Gasteiger partial charge is 0.0459 e. The molecule has 0 spiro atoms. The van der Waals surface area contributed by atoms with Crippen molar-refractivity contribution >= 4 is 6.21 Å². The van der Waals surface area contributed by atoms with Crippen LogP contribution in [0.25, 0.3) is 0 Å². The highest BCUT2D eigenvalue weighted by Gasteiger charge is 2.02. The second-order valence-corrected chi connectivity index (χ2v) is 2.86. The molecule has 2 N–H and O–H groups in total. The summed E-state index contributed by atoms with van der Waals surface area (Å²) in [5, 5.41) is 0. The summed E-state index contributed by atoms with van der Waals surface area (Å²) in [6, 6.07) is 8.15. The van der Waals surface area contributed by atoms with Crippen LogP contribution in [0.4, 0.5) is 0 Å². The molecular formula is C10H10N2. The molecule has 0 bridgehead atoms. The van der Waals surface area contributed by atoms with E-state index in [0.29, 0.717) is 0 Å². The van der Waals surface area contributed by atoms with Gasteiger partial charge in [0.1, 0.15) is 0 Å². The first kappa shape index (κ1) is 7.10. The molecule has 1 heterocycles. The lowest BCUT2D eigenvalue weighted by atomic mass is 10.1. The maximum Gasteiger partial charge on any atom is 0.0459 e. The molecule has 0 aromatic heterocycles. The maximum atomic E-state index is 5.70. The Balaban J connectivity index is 2.49. The molecule has 0 aliphatic carbocycles. The summed E-state index contributed by atoms with van der Waals surface area (Å²) in [4.78, 5) is 4.08. The monoisotopic (exact) mass is 158 g/mol. The number of nitrogens with zero attached hydrogens (tertiary/aromatic N) is 1. The van der Waals surface area contributed by atoms with Gasteiger partial charge in [-0.25, -0.2) is 0 Å². The van der Waals surface area contributed by atoms with Crippen molar-refractivity contribution < 1.29 is 0 Å².